The van der Waals surface area contributed by atoms with Crippen LogP contribution in [0, 0.1) is 5.82 Å². The highest BCUT2D eigenvalue weighted by atomic mass is 32.2. The molecule has 0 aliphatic carbocycles. The van der Waals surface area contributed by atoms with Gasteiger partial charge in [0.05, 0.1) is 0 Å². The summed E-state index contributed by atoms with van der Waals surface area (Å²) in [6.07, 6.45) is 2.19. The summed E-state index contributed by atoms with van der Waals surface area (Å²) < 4.78 is 13.0. The average Bonchev–Trinajstić information content (AvgIpc) is 2.30. The van der Waals surface area contributed by atoms with Gasteiger partial charge in [0.25, 0.3) is 0 Å². The van der Waals surface area contributed by atoms with Gasteiger partial charge in [-0.1, -0.05) is 30.3 Å². The molecule has 0 radical (unpaired) electrons. The molecule has 82 valence electrons. The summed E-state index contributed by atoms with van der Waals surface area (Å²) in [7, 11) is 0.141. The van der Waals surface area contributed by atoms with Crippen LogP contribution in [0.3, 0.4) is 0 Å². The normalized spacial score (nSPS) is 12.4. The highest BCUT2D eigenvalue weighted by molar-refractivity contribution is 7.95. The van der Waals surface area contributed by atoms with Gasteiger partial charge in [-0.3, -0.25) is 0 Å². The second kappa shape index (κ2) is 5.17. The summed E-state index contributed by atoms with van der Waals surface area (Å²) in [6, 6.07) is 17.2. The molecule has 1 unspecified atom stereocenters. The minimum atomic E-state index is -0.150. The van der Waals surface area contributed by atoms with Gasteiger partial charge in [-0.05, 0) is 24.3 Å². The maximum Gasteiger partial charge on any atom is 0.154 e. The maximum atomic E-state index is 13.0. The van der Waals surface area contributed by atoms with Crippen molar-refractivity contribution < 1.29 is 4.39 Å². The number of halogens is 1. The van der Waals surface area contributed by atoms with Crippen LogP contribution < -0.4 is 0 Å². The summed E-state index contributed by atoms with van der Waals surface area (Å²) in [5.74, 6) is 0.754. The smallest absolute Gasteiger partial charge is 0.154 e. The van der Waals surface area contributed by atoms with Gasteiger partial charge in [0.2, 0.25) is 0 Å². The Kier molecular flexibility index (Phi) is 3.62. The fraction of sp³-hybridized carbons (Fsp3) is 0.143. The molecule has 2 rings (SSSR count). The molecule has 16 heavy (non-hydrogen) atoms. The van der Waals surface area contributed by atoms with Crippen molar-refractivity contribution >= 4 is 10.9 Å². The van der Waals surface area contributed by atoms with E-state index in [1.165, 1.54) is 11.0 Å². The first-order valence-corrected chi connectivity index (χ1v) is 6.98. The summed E-state index contributed by atoms with van der Waals surface area (Å²) in [5, 5.41) is 0. The van der Waals surface area contributed by atoms with Crippen LogP contribution in [0.1, 0.15) is 5.56 Å². The van der Waals surface area contributed by atoms with E-state index >= 15 is 0 Å². The Labute approximate surface area is 98.5 Å². The molecule has 0 spiro atoms. The van der Waals surface area contributed by atoms with Crippen LogP contribution >= 0.6 is 0 Å². The molecule has 0 saturated carbocycles. The SMILES string of the molecule is C[S+](Cc1cccc(F)c1)c1ccccc1. The van der Waals surface area contributed by atoms with Crippen molar-refractivity contribution in [1.29, 1.82) is 0 Å². The van der Waals surface area contributed by atoms with Crippen LogP contribution in [0.25, 0.3) is 0 Å². The second-order valence-corrected chi connectivity index (χ2v) is 5.76. The molecule has 0 amide bonds. The maximum absolute atomic E-state index is 13.0. The van der Waals surface area contributed by atoms with Gasteiger partial charge in [-0.2, -0.15) is 0 Å². The zero-order valence-corrected chi connectivity index (χ0v) is 10.0. The van der Waals surface area contributed by atoms with E-state index in [2.05, 4.69) is 18.4 Å². The lowest BCUT2D eigenvalue weighted by atomic mass is 10.2. The molecule has 2 aromatic rings. The monoisotopic (exact) mass is 233 g/mol. The average molecular weight is 233 g/mol. The highest BCUT2D eigenvalue weighted by Crippen LogP contribution is 2.16. The van der Waals surface area contributed by atoms with E-state index in [0.29, 0.717) is 0 Å². The third-order valence-electron chi connectivity index (χ3n) is 2.42. The summed E-state index contributed by atoms with van der Waals surface area (Å²) in [5.41, 5.74) is 1.06. The lowest BCUT2D eigenvalue weighted by Crippen LogP contribution is -2.03. The predicted octanol–water partition coefficient (Wildman–Crippen LogP) is 3.63. The molecule has 0 aliphatic heterocycles. The molecule has 2 heteroatoms. The van der Waals surface area contributed by atoms with E-state index in [0.717, 1.165) is 11.3 Å². The minimum Gasteiger partial charge on any atom is -0.207 e. The van der Waals surface area contributed by atoms with E-state index in [9.17, 15) is 4.39 Å². The Hall–Kier alpha value is -1.28. The van der Waals surface area contributed by atoms with Gasteiger partial charge < -0.3 is 0 Å². The Bertz CT molecular complexity index is 453. The molecule has 0 heterocycles. The van der Waals surface area contributed by atoms with Crippen molar-refractivity contribution in [2.45, 2.75) is 10.6 Å². The summed E-state index contributed by atoms with van der Waals surface area (Å²) >= 11 is 0. The van der Waals surface area contributed by atoms with Crippen molar-refractivity contribution in [3.05, 3.63) is 66.0 Å². The van der Waals surface area contributed by atoms with Gasteiger partial charge in [0, 0.05) is 16.5 Å². The van der Waals surface area contributed by atoms with Gasteiger partial charge in [0.15, 0.2) is 4.90 Å². The van der Waals surface area contributed by atoms with Crippen molar-refractivity contribution in [1.82, 2.24) is 0 Å². The van der Waals surface area contributed by atoms with E-state index in [1.807, 2.05) is 24.3 Å². The highest BCUT2D eigenvalue weighted by Gasteiger charge is 2.15. The molecule has 0 N–H and O–H groups in total. The molecule has 2 aromatic carbocycles. The fourth-order valence-corrected chi connectivity index (χ4v) is 3.08. The summed E-state index contributed by atoms with van der Waals surface area (Å²) in [6.45, 7) is 0. The predicted molar refractivity (Wildman–Crippen MR) is 68.1 cm³/mol. The molecule has 0 bridgehead atoms. The zero-order valence-electron chi connectivity index (χ0n) is 9.19. The molecule has 0 fully saturated rings. The molecule has 0 nitrogen and oxygen atoms in total. The number of rotatable bonds is 3. The number of hydrogen-bond acceptors (Lipinski definition) is 0. The lowest BCUT2D eigenvalue weighted by Gasteiger charge is -2.03. The van der Waals surface area contributed by atoms with Crippen molar-refractivity contribution in [3.8, 4) is 0 Å². The Morgan fingerprint density at radius 2 is 1.75 bits per heavy atom. The van der Waals surface area contributed by atoms with Gasteiger partial charge in [-0.25, -0.2) is 4.39 Å². The van der Waals surface area contributed by atoms with Crippen molar-refractivity contribution in [2.24, 2.45) is 0 Å². The van der Waals surface area contributed by atoms with E-state index < -0.39 is 0 Å². The van der Waals surface area contributed by atoms with Gasteiger partial charge in [-0.15, -0.1) is 0 Å². The van der Waals surface area contributed by atoms with Crippen molar-refractivity contribution in [2.75, 3.05) is 6.26 Å². The molecule has 0 aromatic heterocycles. The van der Waals surface area contributed by atoms with Crippen LogP contribution in [0.2, 0.25) is 0 Å². The molecule has 0 aliphatic rings. The molecule has 0 saturated heterocycles. The molecular formula is C14H14FS+. The van der Waals surface area contributed by atoms with Gasteiger partial charge >= 0.3 is 0 Å². The van der Waals surface area contributed by atoms with E-state index in [1.54, 1.807) is 12.1 Å². The van der Waals surface area contributed by atoms with E-state index in [-0.39, 0.29) is 16.7 Å². The Morgan fingerprint density at radius 1 is 1.00 bits per heavy atom. The fourth-order valence-electron chi connectivity index (χ4n) is 1.61. The number of hydrogen-bond donors (Lipinski definition) is 0. The summed E-state index contributed by atoms with van der Waals surface area (Å²) in [4.78, 5) is 1.33. The third-order valence-corrected chi connectivity index (χ3v) is 4.26. The quantitative estimate of drug-likeness (QED) is 0.710. The standard InChI is InChI=1S/C14H14FS/c1-16(14-8-3-2-4-9-14)11-12-6-5-7-13(15)10-12/h2-10H,11H2,1H3/q+1. The third kappa shape index (κ3) is 2.86. The molecule has 1 atom stereocenters. The Balaban J connectivity index is 2.11. The first-order chi connectivity index (χ1) is 7.75. The van der Waals surface area contributed by atoms with Crippen LogP contribution in [-0.4, -0.2) is 6.26 Å². The second-order valence-electron chi connectivity index (χ2n) is 3.72. The van der Waals surface area contributed by atoms with Crippen molar-refractivity contribution in [3.63, 3.8) is 0 Å². The minimum absolute atomic E-state index is 0.141. The topological polar surface area (TPSA) is 0 Å². The molecular weight excluding hydrogens is 219 g/mol. The first-order valence-electron chi connectivity index (χ1n) is 5.18. The Morgan fingerprint density at radius 3 is 2.44 bits per heavy atom. The largest absolute Gasteiger partial charge is 0.207 e. The van der Waals surface area contributed by atoms with Crippen LogP contribution in [0.4, 0.5) is 4.39 Å². The van der Waals surface area contributed by atoms with E-state index in [4.69, 9.17) is 0 Å². The first kappa shape index (κ1) is 11.2. The van der Waals surface area contributed by atoms with Gasteiger partial charge in [0.1, 0.15) is 17.8 Å². The number of benzene rings is 2. The zero-order chi connectivity index (χ0) is 11.4. The lowest BCUT2D eigenvalue weighted by molar-refractivity contribution is 0.626. The van der Waals surface area contributed by atoms with Crippen LogP contribution in [-0.2, 0) is 16.6 Å². The van der Waals surface area contributed by atoms with Crippen LogP contribution in [0.15, 0.2) is 59.5 Å². The van der Waals surface area contributed by atoms with Crippen LogP contribution in [0.5, 0.6) is 0 Å².